The highest BCUT2D eigenvalue weighted by Gasteiger charge is 2.39. The quantitative estimate of drug-likeness (QED) is 0.489. The molecule has 0 unspecified atom stereocenters. The number of carbonyl (C=O) groups is 3. The summed E-state index contributed by atoms with van der Waals surface area (Å²) in [5, 5.41) is 8.01. The van der Waals surface area contributed by atoms with Gasteiger partial charge in [-0.15, -0.1) is 0 Å². The summed E-state index contributed by atoms with van der Waals surface area (Å²) in [6.45, 7) is 1.09. The average molecular weight is 515 g/mol. The molecule has 0 bridgehead atoms. The molecule has 37 heavy (non-hydrogen) atoms. The number of hydrogen-bond acceptors (Lipinski definition) is 6. The zero-order valence-corrected chi connectivity index (χ0v) is 20.8. The number of ether oxygens (including phenoxy) is 3. The minimum Gasteiger partial charge on any atom is -0.490 e. The van der Waals surface area contributed by atoms with E-state index in [-0.39, 0.29) is 43.1 Å². The predicted octanol–water partition coefficient (Wildman–Crippen LogP) is 3.00. The van der Waals surface area contributed by atoms with Crippen LogP contribution in [-0.2, 0) is 14.3 Å². The van der Waals surface area contributed by atoms with Gasteiger partial charge in [0.2, 0.25) is 5.91 Å². The van der Waals surface area contributed by atoms with E-state index in [1.54, 1.807) is 43.3 Å². The summed E-state index contributed by atoms with van der Waals surface area (Å²) in [4.78, 5) is 39.6. The topological polar surface area (TPSA) is 118 Å². The van der Waals surface area contributed by atoms with Gasteiger partial charge in [-0.05, 0) is 49.2 Å². The van der Waals surface area contributed by atoms with E-state index in [4.69, 9.17) is 14.2 Å². The summed E-state index contributed by atoms with van der Waals surface area (Å²) < 4.78 is 30.5. The molecule has 2 heterocycles. The summed E-state index contributed by atoms with van der Waals surface area (Å²) in [7, 11) is 3.29. The van der Waals surface area contributed by atoms with Crippen LogP contribution < -0.4 is 20.7 Å². The minimum absolute atomic E-state index is 0.108. The van der Waals surface area contributed by atoms with Crippen LogP contribution in [0.4, 0.5) is 20.6 Å². The van der Waals surface area contributed by atoms with E-state index in [0.717, 1.165) is 0 Å². The molecule has 2 aromatic rings. The van der Waals surface area contributed by atoms with E-state index in [1.165, 1.54) is 18.2 Å². The number of nitrogens with one attached hydrogen (secondary N) is 3. The van der Waals surface area contributed by atoms with Crippen LogP contribution in [0.3, 0.4) is 0 Å². The molecule has 0 aliphatic carbocycles. The van der Waals surface area contributed by atoms with Gasteiger partial charge in [-0.25, -0.2) is 9.18 Å². The monoisotopic (exact) mass is 514 g/mol. The highest BCUT2D eigenvalue weighted by atomic mass is 19.1. The fourth-order valence-electron chi connectivity index (χ4n) is 4.54. The third-order valence-electron chi connectivity index (χ3n) is 6.39. The second kappa shape index (κ2) is 12.0. The number of methoxy groups -OCH3 is 1. The zero-order chi connectivity index (χ0) is 26.4. The van der Waals surface area contributed by atoms with Crippen LogP contribution in [0.2, 0.25) is 0 Å². The van der Waals surface area contributed by atoms with Crippen molar-refractivity contribution in [2.24, 2.45) is 0 Å². The third kappa shape index (κ3) is 6.75. The Bertz CT molecular complexity index is 1150. The molecular weight excluding hydrogens is 483 g/mol. The van der Waals surface area contributed by atoms with E-state index in [2.05, 4.69) is 16.0 Å². The number of amides is 4. The normalized spacial score (nSPS) is 21.0. The fraction of sp³-hybridized carbons (Fsp3) is 0.423. The van der Waals surface area contributed by atoms with E-state index in [9.17, 15) is 18.8 Å². The first-order chi connectivity index (χ1) is 17.8. The fourth-order valence-corrected chi connectivity index (χ4v) is 4.54. The van der Waals surface area contributed by atoms with Gasteiger partial charge in [-0.2, -0.15) is 0 Å². The molecule has 0 saturated carbocycles. The Labute approximate surface area is 214 Å². The number of carbonyl (C=O) groups excluding carboxylic acids is 3. The highest BCUT2D eigenvalue weighted by molar-refractivity contribution is 6.02. The van der Waals surface area contributed by atoms with Crippen LogP contribution in [0.1, 0.15) is 29.6 Å². The molecular formula is C26H31FN4O6. The van der Waals surface area contributed by atoms with Crippen LogP contribution in [0.15, 0.2) is 42.5 Å². The molecule has 2 aliphatic rings. The standard InChI is InChI=1S/C26H31FN4O6/c1-31-21-8-7-19(14-24(32)28-10-11-35-2)37-23(21)15-36-22-9-6-18(13-20(22)25(31)33)30-26(34)29-17-5-3-4-16(27)12-17/h3-6,9,12-13,19,21,23H,7-8,10-11,14-15H2,1-2H3,(H,28,32)(H2,29,30,34)/t19-,21+,23-/m0/s1. The number of benzene rings is 2. The lowest BCUT2D eigenvalue weighted by Crippen LogP contribution is -2.54. The summed E-state index contributed by atoms with van der Waals surface area (Å²) >= 11 is 0. The molecule has 3 atom stereocenters. The Morgan fingerprint density at radius 2 is 1.92 bits per heavy atom. The van der Waals surface area contributed by atoms with E-state index in [0.29, 0.717) is 48.7 Å². The van der Waals surface area contributed by atoms with Gasteiger partial charge in [0.1, 0.15) is 24.3 Å². The van der Waals surface area contributed by atoms with Crippen molar-refractivity contribution in [3.63, 3.8) is 0 Å². The Morgan fingerprint density at radius 3 is 2.68 bits per heavy atom. The van der Waals surface area contributed by atoms with Crippen LogP contribution in [0, 0.1) is 5.82 Å². The van der Waals surface area contributed by atoms with E-state index >= 15 is 0 Å². The molecule has 2 aliphatic heterocycles. The van der Waals surface area contributed by atoms with Gasteiger partial charge >= 0.3 is 6.03 Å². The van der Waals surface area contributed by atoms with Gasteiger partial charge in [0, 0.05) is 32.1 Å². The maximum Gasteiger partial charge on any atom is 0.323 e. The number of fused-ring (bicyclic) bond motifs is 2. The smallest absolute Gasteiger partial charge is 0.323 e. The van der Waals surface area contributed by atoms with Gasteiger partial charge < -0.3 is 35.1 Å². The Balaban J connectivity index is 1.40. The molecule has 10 nitrogen and oxygen atoms in total. The van der Waals surface area contributed by atoms with Crippen LogP contribution >= 0.6 is 0 Å². The number of urea groups is 1. The lowest BCUT2D eigenvalue weighted by atomic mass is 9.94. The molecule has 0 radical (unpaired) electrons. The molecule has 1 saturated heterocycles. The van der Waals surface area contributed by atoms with Crippen LogP contribution in [0.25, 0.3) is 0 Å². The highest BCUT2D eigenvalue weighted by Crippen LogP contribution is 2.32. The van der Waals surface area contributed by atoms with Crippen molar-refractivity contribution in [2.45, 2.75) is 37.5 Å². The average Bonchev–Trinajstić information content (AvgIpc) is 2.86. The first-order valence-corrected chi connectivity index (χ1v) is 12.1. The van der Waals surface area contributed by atoms with Crippen LogP contribution in [0.5, 0.6) is 5.75 Å². The molecule has 0 spiro atoms. The molecule has 198 valence electrons. The molecule has 4 rings (SSSR count). The van der Waals surface area contributed by atoms with Crippen molar-refractivity contribution < 1.29 is 33.0 Å². The largest absolute Gasteiger partial charge is 0.490 e. The van der Waals surface area contributed by atoms with Gasteiger partial charge in [-0.3, -0.25) is 9.59 Å². The zero-order valence-electron chi connectivity index (χ0n) is 20.8. The van der Waals surface area contributed by atoms with Crippen molar-refractivity contribution >= 4 is 29.2 Å². The molecule has 0 aromatic heterocycles. The third-order valence-corrected chi connectivity index (χ3v) is 6.39. The Morgan fingerprint density at radius 1 is 1.14 bits per heavy atom. The predicted molar refractivity (Wildman–Crippen MR) is 134 cm³/mol. The van der Waals surface area contributed by atoms with Crippen LogP contribution in [-0.4, -0.2) is 74.9 Å². The first-order valence-electron chi connectivity index (χ1n) is 12.1. The lowest BCUT2D eigenvalue weighted by molar-refractivity contribution is -0.134. The number of hydrogen-bond donors (Lipinski definition) is 3. The van der Waals surface area contributed by atoms with Crippen molar-refractivity contribution in [3.05, 3.63) is 53.8 Å². The minimum atomic E-state index is -0.573. The summed E-state index contributed by atoms with van der Waals surface area (Å²) in [5.41, 5.74) is 0.996. The number of nitrogens with zero attached hydrogens (tertiary/aromatic N) is 1. The van der Waals surface area contributed by atoms with Crippen molar-refractivity contribution in [1.29, 1.82) is 0 Å². The summed E-state index contributed by atoms with van der Waals surface area (Å²) in [6.07, 6.45) is 0.870. The van der Waals surface area contributed by atoms with Gasteiger partial charge in [0.05, 0.1) is 30.7 Å². The Kier molecular flexibility index (Phi) is 8.57. The van der Waals surface area contributed by atoms with Gasteiger partial charge in [0.15, 0.2) is 0 Å². The van der Waals surface area contributed by atoms with Gasteiger partial charge in [-0.1, -0.05) is 6.07 Å². The molecule has 2 aromatic carbocycles. The number of likely N-dealkylation sites (N-methyl/N-ethyl adjacent to an activating group) is 1. The molecule has 4 amide bonds. The number of halogens is 1. The summed E-state index contributed by atoms with van der Waals surface area (Å²) in [5.74, 6) is -0.470. The second-order valence-corrected chi connectivity index (χ2v) is 9.02. The molecule has 3 N–H and O–H groups in total. The summed E-state index contributed by atoms with van der Waals surface area (Å²) in [6, 6.07) is 9.53. The van der Waals surface area contributed by atoms with Crippen molar-refractivity contribution in [1.82, 2.24) is 10.2 Å². The number of anilines is 2. The molecule has 11 heteroatoms. The Hall–Kier alpha value is -3.70. The number of rotatable bonds is 7. The second-order valence-electron chi connectivity index (χ2n) is 9.02. The lowest BCUT2D eigenvalue weighted by Gasteiger charge is -2.42. The van der Waals surface area contributed by atoms with Crippen molar-refractivity contribution in [3.8, 4) is 5.75 Å². The molecule has 1 fully saturated rings. The SMILES string of the molecule is COCCNC(=O)C[C@@H]1CC[C@@H]2[C@H](COc3ccc(NC(=O)Nc4cccc(F)c4)cc3C(=O)N2C)O1. The van der Waals surface area contributed by atoms with Gasteiger partial charge in [0.25, 0.3) is 5.91 Å². The van der Waals surface area contributed by atoms with E-state index < -0.39 is 11.8 Å². The maximum atomic E-state index is 13.4. The maximum absolute atomic E-state index is 13.4. The first kappa shape index (κ1) is 26.4. The van der Waals surface area contributed by atoms with Crippen molar-refractivity contribution in [2.75, 3.05) is 44.5 Å². The van der Waals surface area contributed by atoms with E-state index in [1.807, 2.05) is 0 Å².